The Hall–Kier alpha value is -1.15. The predicted molar refractivity (Wildman–Crippen MR) is 85.5 cm³/mol. The number of hydrogen-bond acceptors (Lipinski definition) is 5. The fourth-order valence-corrected chi connectivity index (χ4v) is 3.28. The van der Waals surface area contributed by atoms with Gasteiger partial charge >= 0.3 is 5.97 Å². The monoisotopic (exact) mass is 348 g/mol. The SMILES string of the molecule is CCC(N)(CC)CNS(=O)(=O)c1cc(Cl)cc(C(=O)OC)c1. The zero-order chi connectivity index (χ0) is 17.0. The molecule has 0 saturated carbocycles. The molecule has 1 aromatic rings. The summed E-state index contributed by atoms with van der Waals surface area (Å²) in [6.07, 6.45) is 1.27. The molecule has 0 heterocycles. The highest BCUT2D eigenvalue weighted by molar-refractivity contribution is 7.89. The average molecular weight is 349 g/mol. The lowest BCUT2D eigenvalue weighted by atomic mass is 9.95. The summed E-state index contributed by atoms with van der Waals surface area (Å²) in [6.45, 7) is 3.89. The van der Waals surface area contributed by atoms with Gasteiger partial charge in [0.05, 0.1) is 17.6 Å². The molecule has 0 aliphatic carbocycles. The topological polar surface area (TPSA) is 98.5 Å². The molecular weight excluding hydrogens is 328 g/mol. The van der Waals surface area contributed by atoms with E-state index < -0.39 is 21.5 Å². The first-order chi connectivity index (χ1) is 10.2. The largest absolute Gasteiger partial charge is 0.465 e. The van der Waals surface area contributed by atoms with Crippen molar-refractivity contribution in [1.29, 1.82) is 0 Å². The maximum Gasteiger partial charge on any atom is 0.337 e. The standard InChI is InChI=1S/C14H21ClN2O4S/c1-4-14(16,5-2)9-17-22(19,20)12-7-10(13(18)21-3)6-11(15)8-12/h6-8,17H,4-5,9,16H2,1-3H3. The van der Waals surface area contributed by atoms with Crippen LogP contribution < -0.4 is 10.5 Å². The number of rotatable bonds is 7. The van der Waals surface area contributed by atoms with E-state index in [1.165, 1.54) is 25.3 Å². The highest BCUT2D eigenvalue weighted by Crippen LogP contribution is 2.20. The van der Waals surface area contributed by atoms with E-state index in [1.54, 1.807) is 0 Å². The summed E-state index contributed by atoms with van der Waals surface area (Å²) in [5, 5.41) is 0.133. The molecule has 8 heteroatoms. The lowest BCUT2D eigenvalue weighted by Gasteiger charge is -2.26. The highest BCUT2D eigenvalue weighted by Gasteiger charge is 2.25. The lowest BCUT2D eigenvalue weighted by Crippen LogP contribution is -2.49. The molecular formula is C14H21ClN2O4S. The number of halogens is 1. The Morgan fingerprint density at radius 1 is 1.32 bits per heavy atom. The van der Waals surface area contributed by atoms with Gasteiger partial charge in [-0.15, -0.1) is 0 Å². The van der Waals surface area contributed by atoms with Crippen LogP contribution in [0.1, 0.15) is 37.0 Å². The molecule has 0 unspecified atom stereocenters. The molecule has 1 aromatic carbocycles. The predicted octanol–water partition coefficient (Wildman–Crippen LogP) is 1.92. The maximum atomic E-state index is 12.3. The fraction of sp³-hybridized carbons (Fsp3) is 0.500. The van der Waals surface area contributed by atoms with Crippen LogP contribution in [0.3, 0.4) is 0 Å². The van der Waals surface area contributed by atoms with Crippen LogP contribution in [0.15, 0.2) is 23.1 Å². The van der Waals surface area contributed by atoms with Crippen LogP contribution in [0.2, 0.25) is 5.02 Å². The molecule has 0 spiro atoms. The normalized spacial score (nSPS) is 12.2. The van der Waals surface area contributed by atoms with Crippen molar-refractivity contribution < 1.29 is 17.9 Å². The molecule has 0 fully saturated rings. The number of ether oxygens (including phenoxy) is 1. The number of carbonyl (C=O) groups excluding carboxylic acids is 1. The summed E-state index contributed by atoms with van der Waals surface area (Å²) in [4.78, 5) is 11.4. The van der Waals surface area contributed by atoms with E-state index in [0.29, 0.717) is 12.8 Å². The van der Waals surface area contributed by atoms with Crippen molar-refractivity contribution in [3.63, 3.8) is 0 Å². The number of benzene rings is 1. The van der Waals surface area contributed by atoms with E-state index >= 15 is 0 Å². The van der Waals surface area contributed by atoms with Crippen molar-refractivity contribution >= 4 is 27.6 Å². The van der Waals surface area contributed by atoms with Gasteiger partial charge in [0.25, 0.3) is 0 Å². The third-order valence-electron chi connectivity index (χ3n) is 3.63. The minimum absolute atomic E-state index is 0.0698. The van der Waals surface area contributed by atoms with Crippen molar-refractivity contribution in [3.8, 4) is 0 Å². The summed E-state index contributed by atoms with van der Waals surface area (Å²) in [5.74, 6) is -0.658. The molecule has 0 aliphatic heterocycles. The Kier molecular flexibility index (Phi) is 6.37. The molecule has 0 saturated heterocycles. The van der Waals surface area contributed by atoms with E-state index in [4.69, 9.17) is 17.3 Å². The van der Waals surface area contributed by atoms with Crippen molar-refractivity contribution in [2.24, 2.45) is 5.73 Å². The number of esters is 1. The Balaban J connectivity index is 3.08. The Morgan fingerprint density at radius 2 is 1.91 bits per heavy atom. The molecule has 6 nitrogen and oxygen atoms in total. The quantitative estimate of drug-likeness (QED) is 0.733. The van der Waals surface area contributed by atoms with Crippen LogP contribution in [0, 0.1) is 0 Å². The van der Waals surface area contributed by atoms with Gasteiger partial charge in [-0.25, -0.2) is 17.9 Å². The third-order valence-corrected chi connectivity index (χ3v) is 5.22. The number of nitrogens with two attached hydrogens (primary N) is 1. The summed E-state index contributed by atoms with van der Waals surface area (Å²) in [6, 6.07) is 3.83. The van der Waals surface area contributed by atoms with E-state index in [1.807, 2.05) is 13.8 Å². The minimum Gasteiger partial charge on any atom is -0.465 e. The molecule has 1 rings (SSSR count). The average Bonchev–Trinajstić information content (AvgIpc) is 2.51. The van der Waals surface area contributed by atoms with E-state index in [9.17, 15) is 13.2 Å². The van der Waals surface area contributed by atoms with Gasteiger partial charge in [0.1, 0.15) is 0 Å². The van der Waals surface area contributed by atoms with Gasteiger partial charge in [-0.3, -0.25) is 0 Å². The molecule has 0 atom stereocenters. The Bertz CT molecular complexity index is 642. The smallest absolute Gasteiger partial charge is 0.337 e. The zero-order valence-corrected chi connectivity index (χ0v) is 14.4. The van der Waals surface area contributed by atoms with Crippen LogP contribution in [-0.2, 0) is 14.8 Å². The maximum absolute atomic E-state index is 12.3. The molecule has 0 amide bonds. The van der Waals surface area contributed by atoms with Gasteiger partial charge < -0.3 is 10.5 Å². The van der Waals surface area contributed by atoms with Crippen LogP contribution in [-0.4, -0.2) is 33.6 Å². The Morgan fingerprint density at radius 3 is 2.41 bits per heavy atom. The van der Waals surface area contributed by atoms with Crippen LogP contribution in [0.4, 0.5) is 0 Å². The van der Waals surface area contributed by atoms with Crippen molar-refractivity contribution in [3.05, 3.63) is 28.8 Å². The molecule has 0 bridgehead atoms. The second-order valence-electron chi connectivity index (χ2n) is 5.06. The summed E-state index contributed by atoms with van der Waals surface area (Å²) in [7, 11) is -2.61. The van der Waals surface area contributed by atoms with Crippen LogP contribution in [0.25, 0.3) is 0 Å². The second kappa shape index (κ2) is 7.41. The summed E-state index contributed by atoms with van der Waals surface area (Å²) < 4.78 is 31.7. The number of sulfonamides is 1. The van der Waals surface area contributed by atoms with Gasteiger partial charge in [-0.1, -0.05) is 25.4 Å². The van der Waals surface area contributed by atoms with Crippen LogP contribution >= 0.6 is 11.6 Å². The molecule has 0 radical (unpaired) electrons. The molecule has 22 heavy (non-hydrogen) atoms. The highest BCUT2D eigenvalue weighted by atomic mass is 35.5. The van der Waals surface area contributed by atoms with E-state index in [0.717, 1.165) is 0 Å². The first kappa shape index (κ1) is 18.9. The lowest BCUT2D eigenvalue weighted by molar-refractivity contribution is 0.0600. The van der Waals surface area contributed by atoms with Crippen molar-refractivity contribution in [1.82, 2.24) is 4.72 Å². The van der Waals surface area contributed by atoms with E-state index in [-0.39, 0.29) is 22.0 Å². The van der Waals surface area contributed by atoms with Crippen molar-refractivity contribution in [2.45, 2.75) is 37.1 Å². The zero-order valence-electron chi connectivity index (χ0n) is 12.8. The number of methoxy groups -OCH3 is 1. The number of nitrogens with one attached hydrogen (secondary N) is 1. The summed E-state index contributed by atoms with van der Waals surface area (Å²) >= 11 is 5.88. The Labute approximate surface area is 136 Å². The minimum atomic E-state index is -3.82. The van der Waals surface area contributed by atoms with Gasteiger partial charge in [0.2, 0.25) is 10.0 Å². The van der Waals surface area contributed by atoms with Gasteiger partial charge in [0.15, 0.2) is 0 Å². The number of hydrogen-bond donors (Lipinski definition) is 2. The first-order valence-electron chi connectivity index (χ1n) is 6.85. The van der Waals surface area contributed by atoms with Crippen LogP contribution in [0.5, 0.6) is 0 Å². The van der Waals surface area contributed by atoms with E-state index in [2.05, 4.69) is 9.46 Å². The van der Waals surface area contributed by atoms with Gasteiger partial charge in [0, 0.05) is 17.1 Å². The molecule has 3 N–H and O–H groups in total. The fourth-order valence-electron chi connectivity index (χ4n) is 1.78. The third kappa shape index (κ3) is 4.67. The van der Waals surface area contributed by atoms with Gasteiger partial charge in [-0.2, -0.15) is 0 Å². The second-order valence-corrected chi connectivity index (χ2v) is 7.26. The summed E-state index contributed by atoms with van der Waals surface area (Å²) in [5.41, 5.74) is 5.54. The molecule has 0 aliphatic rings. The number of carbonyl (C=O) groups is 1. The first-order valence-corrected chi connectivity index (χ1v) is 8.71. The molecule has 0 aromatic heterocycles. The van der Waals surface area contributed by atoms with Gasteiger partial charge in [-0.05, 0) is 31.0 Å². The van der Waals surface area contributed by atoms with Crippen molar-refractivity contribution in [2.75, 3.05) is 13.7 Å². The molecule has 124 valence electrons.